The van der Waals surface area contributed by atoms with Crippen LogP contribution in [0.2, 0.25) is 0 Å². The Labute approximate surface area is 90.7 Å². The minimum Gasteiger partial charge on any atom is -0.346 e. The van der Waals surface area contributed by atoms with Crippen LogP contribution in [0.5, 0.6) is 0 Å². The van der Waals surface area contributed by atoms with Gasteiger partial charge in [-0.25, -0.2) is 0 Å². The smallest absolute Gasteiger partial charge is 0.251 e. The van der Waals surface area contributed by atoms with E-state index in [9.17, 15) is 9.59 Å². The van der Waals surface area contributed by atoms with Gasteiger partial charge in [0.1, 0.15) is 0 Å². The lowest BCUT2D eigenvalue weighted by Crippen LogP contribution is -2.24. The van der Waals surface area contributed by atoms with Crippen molar-refractivity contribution in [2.75, 3.05) is 0 Å². The highest BCUT2D eigenvalue weighted by Crippen LogP contribution is 1.95. The number of carbonyl (C=O) groups excluding carboxylic acids is 1. The minimum atomic E-state index is -0.297. The molecule has 1 amide bonds. The molecule has 16 heavy (non-hydrogen) atoms. The van der Waals surface area contributed by atoms with Crippen LogP contribution in [0.4, 0.5) is 0 Å². The van der Waals surface area contributed by atoms with Crippen molar-refractivity contribution in [2.24, 2.45) is 0 Å². The van der Waals surface area contributed by atoms with E-state index in [1.807, 2.05) is 0 Å². The van der Waals surface area contributed by atoms with E-state index in [-0.39, 0.29) is 11.5 Å². The number of pyridine rings is 1. The molecule has 6 nitrogen and oxygen atoms in total. The van der Waals surface area contributed by atoms with Gasteiger partial charge in [0, 0.05) is 24.0 Å². The van der Waals surface area contributed by atoms with E-state index in [0.717, 1.165) is 5.69 Å². The molecule has 0 saturated heterocycles. The number of hydrogen-bond acceptors (Lipinski definition) is 3. The van der Waals surface area contributed by atoms with Crippen LogP contribution in [-0.2, 0) is 6.54 Å². The minimum absolute atomic E-state index is 0.291. The van der Waals surface area contributed by atoms with E-state index < -0.39 is 0 Å². The lowest BCUT2D eigenvalue weighted by molar-refractivity contribution is 0.0950. The van der Waals surface area contributed by atoms with Crippen LogP contribution >= 0.6 is 0 Å². The van der Waals surface area contributed by atoms with Crippen LogP contribution < -0.4 is 10.9 Å². The summed E-state index contributed by atoms with van der Waals surface area (Å²) in [6.45, 7) is 0.353. The van der Waals surface area contributed by atoms with Gasteiger partial charge in [0.2, 0.25) is 5.56 Å². The predicted molar refractivity (Wildman–Crippen MR) is 56.8 cm³/mol. The van der Waals surface area contributed by atoms with Gasteiger partial charge in [0.05, 0.1) is 12.2 Å². The van der Waals surface area contributed by atoms with E-state index in [2.05, 4.69) is 20.5 Å². The summed E-state index contributed by atoms with van der Waals surface area (Å²) >= 11 is 0. The van der Waals surface area contributed by atoms with Crippen molar-refractivity contribution in [2.45, 2.75) is 6.54 Å². The lowest BCUT2D eigenvalue weighted by Gasteiger charge is -2.02. The standard InChI is InChI=1S/C10H10N4O2/c15-9-5-7(1-3-11-9)10(16)12-6-8-2-4-13-14-8/h1-5H,6H2,(H,11,15)(H,12,16)(H,13,14). The van der Waals surface area contributed by atoms with Crippen LogP contribution in [0, 0.1) is 0 Å². The summed E-state index contributed by atoms with van der Waals surface area (Å²) in [5.74, 6) is -0.291. The molecule has 2 heterocycles. The van der Waals surface area contributed by atoms with Crippen molar-refractivity contribution in [3.63, 3.8) is 0 Å². The maximum Gasteiger partial charge on any atom is 0.251 e. The average molecular weight is 218 g/mol. The van der Waals surface area contributed by atoms with Crippen LogP contribution in [-0.4, -0.2) is 21.1 Å². The first-order chi connectivity index (χ1) is 7.75. The van der Waals surface area contributed by atoms with E-state index in [1.165, 1.54) is 12.3 Å². The van der Waals surface area contributed by atoms with Gasteiger partial charge in [-0.05, 0) is 12.1 Å². The third-order valence-electron chi connectivity index (χ3n) is 2.04. The van der Waals surface area contributed by atoms with Gasteiger partial charge < -0.3 is 10.3 Å². The highest BCUT2D eigenvalue weighted by molar-refractivity contribution is 5.93. The van der Waals surface area contributed by atoms with Crippen LogP contribution in [0.15, 0.2) is 35.4 Å². The highest BCUT2D eigenvalue weighted by atomic mass is 16.2. The Morgan fingerprint density at radius 3 is 3.00 bits per heavy atom. The Morgan fingerprint density at radius 1 is 1.44 bits per heavy atom. The number of carbonyl (C=O) groups is 1. The zero-order chi connectivity index (χ0) is 11.4. The summed E-state index contributed by atoms with van der Waals surface area (Å²) in [7, 11) is 0. The first kappa shape index (κ1) is 10.2. The van der Waals surface area contributed by atoms with Gasteiger partial charge in [-0.3, -0.25) is 14.7 Å². The van der Waals surface area contributed by atoms with Gasteiger partial charge in [0.25, 0.3) is 5.91 Å². The maximum absolute atomic E-state index is 11.6. The highest BCUT2D eigenvalue weighted by Gasteiger charge is 2.05. The van der Waals surface area contributed by atoms with Gasteiger partial charge in [-0.15, -0.1) is 0 Å². The molecule has 0 spiro atoms. The Hall–Kier alpha value is -2.37. The molecule has 0 saturated carbocycles. The number of aromatic nitrogens is 3. The van der Waals surface area contributed by atoms with Crippen molar-refractivity contribution in [1.29, 1.82) is 0 Å². The molecule has 0 aliphatic heterocycles. The quantitative estimate of drug-likeness (QED) is 0.678. The molecule has 82 valence electrons. The van der Waals surface area contributed by atoms with Crippen molar-refractivity contribution in [3.05, 3.63) is 52.2 Å². The van der Waals surface area contributed by atoms with Crippen LogP contribution in [0.1, 0.15) is 16.1 Å². The zero-order valence-corrected chi connectivity index (χ0v) is 8.36. The fourth-order valence-electron chi connectivity index (χ4n) is 1.25. The molecule has 2 rings (SSSR count). The summed E-state index contributed by atoms with van der Waals surface area (Å²) in [5.41, 5.74) is 0.843. The number of amides is 1. The largest absolute Gasteiger partial charge is 0.346 e. The molecular weight excluding hydrogens is 208 g/mol. The maximum atomic E-state index is 11.6. The molecule has 2 aromatic rings. The second-order valence-electron chi connectivity index (χ2n) is 3.21. The Balaban J connectivity index is 2.01. The molecule has 0 radical (unpaired) electrons. The Bertz CT molecular complexity index is 530. The van der Waals surface area contributed by atoms with Gasteiger partial charge in [-0.2, -0.15) is 5.10 Å². The molecule has 2 aromatic heterocycles. The number of aromatic amines is 2. The SMILES string of the molecule is O=C(NCc1ccn[nH]1)c1cc[nH]c(=O)c1. The Morgan fingerprint density at radius 2 is 2.31 bits per heavy atom. The summed E-state index contributed by atoms with van der Waals surface area (Å²) in [4.78, 5) is 25.0. The van der Waals surface area contributed by atoms with Crippen LogP contribution in [0.25, 0.3) is 0 Å². The summed E-state index contributed by atoms with van der Waals surface area (Å²) in [6.07, 6.45) is 3.04. The molecule has 0 aliphatic rings. The topological polar surface area (TPSA) is 90.6 Å². The molecule has 6 heteroatoms. The predicted octanol–water partition coefficient (Wildman–Crippen LogP) is 0.0280. The zero-order valence-electron chi connectivity index (χ0n) is 8.36. The van der Waals surface area contributed by atoms with Crippen molar-refractivity contribution < 1.29 is 4.79 Å². The number of nitrogens with one attached hydrogen (secondary N) is 3. The number of rotatable bonds is 3. The summed E-state index contributed by atoms with van der Waals surface area (Å²) in [5, 5.41) is 9.14. The number of nitrogens with zero attached hydrogens (tertiary/aromatic N) is 1. The van der Waals surface area contributed by atoms with E-state index in [0.29, 0.717) is 12.1 Å². The Kier molecular flexibility index (Phi) is 2.81. The van der Waals surface area contributed by atoms with Crippen LogP contribution in [0.3, 0.4) is 0 Å². The van der Waals surface area contributed by atoms with Gasteiger partial charge in [0.15, 0.2) is 0 Å². The lowest BCUT2D eigenvalue weighted by atomic mass is 10.2. The summed E-state index contributed by atoms with van der Waals surface area (Å²) in [6, 6.07) is 4.56. The van der Waals surface area contributed by atoms with E-state index in [1.54, 1.807) is 18.3 Å². The normalized spacial score (nSPS) is 10.0. The molecule has 3 N–H and O–H groups in total. The van der Waals surface area contributed by atoms with Gasteiger partial charge >= 0.3 is 0 Å². The summed E-state index contributed by atoms with van der Waals surface area (Å²) < 4.78 is 0. The first-order valence-electron chi connectivity index (χ1n) is 4.71. The molecule has 0 fully saturated rings. The fraction of sp³-hybridized carbons (Fsp3) is 0.100. The van der Waals surface area contributed by atoms with Crippen molar-refractivity contribution >= 4 is 5.91 Å². The van der Waals surface area contributed by atoms with E-state index >= 15 is 0 Å². The van der Waals surface area contributed by atoms with Crippen molar-refractivity contribution in [3.8, 4) is 0 Å². The molecule has 0 aromatic carbocycles. The molecule has 0 bridgehead atoms. The monoisotopic (exact) mass is 218 g/mol. The molecular formula is C10H10N4O2. The first-order valence-corrected chi connectivity index (χ1v) is 4.71. The molecule has 0 unspecified atom stereocenters. The second-order valence-corrected chi connectivity index (χ2v) is 3.21. The average Bonchev–Trinajstić information content (AvgIpc) is 2.78. The van der Waals surface area contributed by atoms with E-state index in [4.69, 9.17) is 0 Å². The molecule has 0 aliphatic carbocycles. The molecule has 0 atom stereocenters. The number of hydrogen-bond donors (Lipinski definition) is 3. The van der Waals surface area contributed by atoms with Gasteiger partial charge in [-0.1, -0.05) is 0 Å². The third-order valence-corrected chi connectivity index (χ3v) is 2.04. The number of H-pyrrole nitrogens is 2. The second kappa shape index (κ2) is 4.43. The van der Waals surface area contributed by atoms with Crippen molar-refractivity contribution in [1.82, 2.24) is 20.5 Å². The third kappa shape index (κ3) is 2.35. The fourth-order valence-corrected chi connectivity index (χ4v) is 1.25.